The summed E-state index contributed by atoms with van der Waals surface area (Å²) in [7, 11) is 1.62. The number of fused-ring (bicyclic) bond motifs is 1. The van der Waals surface area contributed by atoms with Gasteiger partial charge in [0.25, 0.3) is 0 Å². The third-order valence-corrected chi connectivity index (χ3v) is 6.38. The second-order valence-electron chi connectivity index (χ2n) is 11.5. The Morgan fingerprint density at radius 1 is 1.03 bits per heavy atom. The Hall–Kier alpha value is -2.60. The largest absolute Gasteiger partial charge is 0.383 e. The van der Waals surface area contributed by atoms with E-state index in [1.165, 1.54) is 5.56 Å². The maximum absolute atomic E-state index is 13.7. The van der Waals surface area contributed by atoms with E-state index in [0.29, 0.717) is 26.1 Å². The number of amides is 2. The standard InChI is InChI=1S/C28H41N3O3/c1-27(2,3)19-24(32)30(17-18-34-7)20-25(33)31-16-15-29-14-8-9-23(29)26(31)21-10-12-22(13-11-21)28(4,5)6/h8-14,26H,15-20H2,1-7H3/t26-/m0/s1. The molecule has 0 radical (unpaired) electrons. The number of nitrogens with zero attached hydrogens (tertiary/aromatic N) is 3. The van der Waals surface area contributed by atoms with Crippen LogP contribution in [0.5, 0.6) is 0 Å². The van der Waals surface area contributed by atoms with Crippen molar-refractivity contribution in [2.24, 2.45) is 5.41 Å². The van der Waals surface area contributed by atoms with Gasteiger partial charge in [-0.2, -0.15) is 0 Å². The van der Waals surface area contributed by atoms with Crippen molar-refractivity contribution < 1.29 is 14.3 Å². The van der Waals surface area contributed by atoms with Gasteiger partial charge in [-0.25, -0.2) is 0 Å². The van der Waals surface area contributed by atoms with Gasteiger partial charge in [-0.05, 0) is 34.1 Å². The monoisotopic (exact) mass is 467 g/mol. The van der Waals surface area contributed by atoms with Crippen LogP contribution >= 0.6 is 0 Å². The minimum absolute atomic E-state index is 0.00985. The molecular weight excluding hydrogens is 426 g/mol. The molecule has 0 N–H and O–H groups in total. The van der Waals surface area contributed by atoms with Crippen molar-refractivity contribution in [2.75, 3.05) is 33.4 Å². The van der Waals surface area contributed by atoms with Crippen LogP contribution in [-0.4, -0.2) is 59.5 Å². The number of hydrogen-bond donors (Lipinski definition) is 0. The Labute approximate surface area is 204 Å². The van der Waals surface area contributed by atoms with E-state index >= 15 is 0 Å². The van der Waals surface area contributed by atoms with Crippen LogP contribution in [0.4, 0.5) is 0 Å². The minimum Gasteiger partial charge on any atom is -0.383 e. The third-order valence-electron chi connectivity index (χ3n) is 6.38. The molecule has 0 fully saturated rings. The molecule has 186 valence electrons. The fourth-order valence-corrected chi connectivity index (χ4v) is 4.48. The lowest BCUT2D eigenvalue weighted by Gasteiger charge is -2.39. The lowest BCUT2D eigenvalue weighted by molar-refractivity contribution is -0.143. The van der Waals surface area contributed by atoms with Crippen molar-refractivity contribution in [2.45, 2.75) is 66.0 Å². The number of carbonyl (C=O) groups excluding carboxylic acids is 2. The van der Waals surface area contributed by atoms with Gasteiger partial charge in [0.15, 0.2) is 0 Å². The van der Waals surface area contributed by atoms with E-state index in [2.05, 4.69) is 61.9 Å². The SMILES string of the molecule is COCCN(CC(=O)N1CCn2cccc2[C@@H]1c1ccc(C(C)(C)C)cc1)C(=O)CC(C)(C)C. The maximum atomic E-state index is 13.7. The molecular formula is C28H41N3O3. The van der Waals surface area contributed by atoms with Crippen LogP contribution in [0.1, 0.15) is 70.8 Å². The molecule has 6 nitrogen and oxygen atoms in total. The highest BCUT2D eigenvalue weighted by Crippen LogP contribution is 2.34. The fourth-order valence-electron chi connectivity index (χ4n) is 4.48. The van der Waals surface area contributed by atoms with Crippen LogP contribution in [0.3, 0.4) is 0 Å². The van der Waals surface area contributed by atoms with Gasteiger partial charge in [0.2, 0.25) is 11.8 Å². The van der Waals surface area contributed by atoms with Gasteiger partial charge >= 0.3 is 0 Å². The van der Waals surface area contributed by atoms with Crippen LogP contribution in [0.25, 0.3) is 0 Å². The first kappa shape index (κ1) is 26.0. The number of ether oxygens (including phenoxy) is 1. The first-order valence-electron chi connectivity index (χ1n) is 12.2. The number of aromatic nitrogens is 1. The Morgan fingerprint density at radius 2 is 1.71 bits per heavy atom. The van der Waals surface area contributed by atoms with Gasteiger partial charge in [0.05, 0.1) is 19.2 Å². The van der Waals surface area contributed by atoms with Gasteiger partial charge in [0, 0.05) is 45.1 Å². The quantitative estimate of drug-likeness (QED) is 0.597. The molecule has 1 aromatic heterocycles. The van der Waals surface area contributed by atoms with Gasteiger partial charge < -0.3 is 19.1 Å². The third kappa shape index (κ3) is 6.29. The highest BCUT2D eigenvalue weighted by atomic mass is 16.5. The van der Waals surface area contributed by atoms with E-state index in [-0.39, 0.29) is 35.2 Å². The summed E-state index contributed by atoms with van der Waals surface area (Å²) in [5.41, 5.74) is 3.38. The number of benzene rings is 1. The molecule has 34 heavy (non-hydrogen) atoms. The molecule has 0 aliphatic carbocycles. The molecule has 1 aliphatic heterocycles. The van der Waals surface area contributed by atoms with Crippen molar-refractivity contribution in [3.8, 4) is 0 Å². The first-order chi connectivity index (χ1) is 15.9. The molecule has 2 amide bonds. The highest BCUT2D eigenvalue weighted by Gasteiger charge is 2.34. The molecule has 0 spiro atoms. The number of carbonyl (C=O) groups is 2. The predicted octanol–water partition coefficient (Wildman–Crippen LogP) is 4.63. The normalized spacial score (nSPS) is 16.3. The molecule has 3 rings (SSSR count). The lowest BCUT2D eigenvalue weighted by atomic mass is 9.86. The Balaban J connectivity index is 1.88. The smallest absolute Gasteiger partial charge is 0.243 e. The molecule has 2 aromatic rings. The van der Waals surface area contributed by atoms with Gasteiger partial charge in [-0.15, -0.1) is 0 Å². The molecule has 1 aliphatic rings. The predicted molar refractivity (Wildman–Crippen MR) is 136 cm³/mol. The summed E-state index contributed by atoms with van der Waals surface area (Å²) in [6.45, 7) is 15.0. The summed E-state index contributed by atoms with van der Waals surface area (Å²) in [6.07, 6.45) is 2.47. The van der Waals surface area contributed by atoms with E-state index in [9.17, 15) is 9.59 Å². The van der Waals surface area contributed by atoms with Crippen molar-refractivity contribution in [1.82, 2.24) is 14.4 Å². The van der Waals surface area contributed by atoms with Gasteiger partial charge in [0.1, 0.15) is 0 Å². The summed E-state index contributed by atoms with van der Waals surface area (Å²) < 4.78 is 7.44. The molecule has 6 heteroatoms. The average molecular weight is 468 g/mol. The Bertz CT molecular complexity index is 980. The molecule has 1 atom stereocenters. The van der Waals surface area contributed by atoms with E-state index in [1.54, 1.807) is 12.0 Å². The Kier molecular flexibility index (Phi) is 7.91. The van der Waals surface area contributed by atoms with Gasteiger partial charge in [-0.1, -0.05) is 65.8 Å². The van der Waals surface area contributed by atoms with Crippen LogP contribution < -0.4 is 0 Å². The van der Waals surface area contributed by atoms with Crippen molar-refractivity contribution in [3.05, 3.63) is 59.4 Å². The maximum Gasteiger partial charge on any atom is 0.243 e. The van der Waals surface area contributed by atoms with Crippen LogP contribution in [0.2, 0.25) is 0 Å². The summed E-state index contributed by atoms with van der Waals surface area (Å²) in [5, 5.41) is 0. The summed E-state index contributed by atoms with van der Waals surface area (Å²) in [5.74, 6) is -0.0416. The van der Waals surface area contributed by atoms with Crippen LogP contribution in [-0.2, 0) is 26.3 Å². The fraction of sp³-hybridized carbons (Fsp3) is 0.571. The zero-order valence-corrected chi connectivity index (χ0v) is 21.9. The molecule has 0 saturated heterocycles. The molecule has 0 unspecified atom stereocenters. The molecule has 0 bridgehead atoms. The van der Waals surface area contributed by atoms with Crippen LogP contribution in [0, 0.1) is 5.41 Å². The summed E-state index contributed by atoms with van der Waals surface area (Å²) in [6, 6.07) is 12.6. The summed E-state index contributed by atoms with van der Waals surface area (Å²) in [4.78, 5) is 30.3. The lowest BCUT2D eigenvalue weighted by Crippen LogP contribution is -2.49. The highest BCUT2D eigenvalue weighted by molar-refractivity contribution is 5.85. The zero-order chi connectivity index (χ0) is 25.1. The number of methoxy groups -OCH3 is 1. The van der Waals surface area contributed by atoms with E-state index < -0.39 is 0 Å². The van der Waals surface area contributed by atoms with E-state index in [0.717, 1.165) is 17.8 Å². The molecule has 2 heterocycles. The van der Waals surface area contributed by atoms with E-state index in [4.69, 9.17) is 4.74 Å². The molecule has 0 saturated carbocycles. The number of hydrogen-bond acceptors (Lipinski definition) is 3. The average Bonchev–Trinajstić information content (AvgIpc) is 3.23. The van der Waals surface area contributed by atoms with Crippen molar-refractivity contribution in [1.29, 1.82) is 0 Å². The second-order valence-corrected chi connectivity index (χ2v) is 11.5. The first-order valence-corrected chi connectivity index (χ1v) is 12.2. The van der Waals surface area contributed by atoms with Gasteiger partial charge in [-0.3, -0.25) is 9.59 Å². The Morgan fingerprint density at radius 3 is 2.29 bits per heavy atom. The minimum atomic E-state index is -0.174. The molecule has 1 aromatic carbocycles. The second kappa shape index (κ2) is 10.3. The van der Waals surface area contributed by atoms with Crippen molar-refractivity contribution in [3.63, 3.8) is 0 Å². The summed E-state index contributed by atoms with van der Waals surface area (Å²) >= 11 is 0. The zero-order valence-electron chi connectivity index (χ0n) is 21.9. The van der Waals surface area contributed by atoms with Crippen molar-refractivity contribution >= 4 is 11.8 Å². The van der Waals surface area contributed by atoms with Crippen LogP contribution in [0.15, 0.2) is 42.6 Å². The number of rotatable bonds is 7. The topological polar surface area (TPSA) is 54.8 Å². The van der Waals surface area contributed by atoms with E-state index in [1.807, 2.05) is 31.7 Å².